The lowest BCUT2D eigenvalue weighted by molar-refractivity contribution is 0.0963. The maximum atomic E-state index is 13.3. The van der Waals surface area contributed by atoms with Crippen LogP contribution in [0.15, 0.2) is 78.9 Å². The van der Waals surface area contributed by atoms with Crippen molar-refractivity contribution in [2.45, 2.75) is 6.92 Å². The number of hydrogen-bond donors (Lipinski definition) is 0. The number of carbonyl (C=O) groups is 2. The van der Waals surface area contributed by atoms with Gasteiger partial charge in [0.05, 0.1) is 18.2 Å². The second-order valence-electron chi connectivity index (χ2n) is 6.54. The van der Waals surface area contributed by atoms with Gasteiger partial charge in [0.15, 0.2) is 5.78 Å². The first-order valence-electron chi connectivity index (χ1n) is 9.00. The fourth-order valence-electron chi connectivity index (χ4n) is 3.51. The average molecular weight is 369 g/mol. The number of hydrogen-bond acceptors (Lipinski definition) is 3. The van der Waals surface area contributed by atoms with Gasteiger partial charge in [-0.15, -0.1) is 0 Å². The van der Waals surface area contributed by atoms with Crippen LogP contribution in [0.25, 0.3) is 10.9 Å². The van der Waals surface area contributed by atoms with Crippen molar-refractivity contribution in [3.8, 4) is 5.75 Å². The van der Waals surface area contributed by atoms with Crippen LogP contribution in [-0.4, -0.2) is 23.4 Å². The van der Waals surface area contributed by atoms with Gasteiger partial charge in [-0.05, 0) is 49.4 Å². The average Bonchev–Trinajstić information content (AvgIpc) is 3.05. The molecule has 0 aliphatic rings. The first-order chi connectivity index (χ1) is 13.6. The van der Waals surface area contributed by atoms with Gasteiger partial charge >= 0.3 is 0 Å². The molecule has 1 aromatic heterocycles. The summed E-state index contributed by atoms with van der Waals surface area (Å²) in [5.74, 6) is 0.425. The summed E-state index contributed by atoms with van der Waals surface area (Å²) in [5.41, 5.74) is 3.04. The summed E-state index contributed by atoms with van der Waals surface area (Å²) >= 11 is 0. The molecule has 3 aromatic carbocycles. The molecule has 0 saturated carbocycles. The van der Waals surface area contributed by atoms with Gasteiger partial charge in [-0.3, -0.25) is 14.2 Å². The number of ether oxygens (including phenoxy) is 1. The molecule has 28 heavy (non-hydrogen) atoms. The van der Waals surface area contributed by atoms with Crippen LogP contribution in [-0.2, 0) is 0 Å². The van der Waals surface area contributed by atoms with Crippen LogP contribution in [0.1, 0.15) is 32.0 Å². The van der Waals surface area contributed by atoms with E-state index in [2.05, 4.69) is 0 Å². The molecular weight excluding hydrogens is 350 g/mol. The summed E-state index contributed by atoms with van der Waals surface area (Å²) in [6, 6.07) is 23.6. The molecule has 4 aromatic rings. The van der Waals surface area contributed by atoms with E-state index in [0.717, 1.165) is 10.9 Å². The quantitative estimate of drug-likeness (QED) is 0.482. The second-order valence-corrected chi connectivity index (χ2v) is 6.54. The molecule has 138 valence electrons. The van der Waals surface area contributed by atoms with Crippen LogP contribution in [0.4, 0.5) is 0 Å². The third-order valence-electron chi connectivity index (χ3n) is 4.91. The van der Waals surface area contributed by atoms with E-state index in [-0.39, 0.29) is 11.7 Å². The van der Waals surface area contributed by atoms with E-state index in [0.29, 0.717) is 28.1 Å². The molecule has 0 bridgehead atoms. The number of methoxy groups -OCH3 is 1. The van der Waals surface area contributed by atoms with Crippen molar-refractivity contribution in [2.24, 2.45) is 0 Å². The molecule has 0 atom stereocenters. The first kappa shape index (κ1) is 17.7. The molecule has 4 rings (SSSR count). The number of aromatic nitrogens is 1. The van der Waals surface area contributed by atoms with Crippen molar-refractivity contribution in [3.63, 3.8) is 0 Å². The van der Waals surface area contributed by atoms with Crippen LogP contribution in [0, 0.1) is 6.92 Å². The minimum absolute atomic E-state index is 0.115. The van der Waals surface area contributed by atoms with E-state index >= 15 is 0 Å². The molecule has 1 heterocycles. The van der Waals surface area contributed by atoms with Crippen LogP contribution < -0.4 is 4.74 Å². The molecule has 0 radical (unpaired) electrons. The molecule has 4 heteroatoms. The molecule has 0 fully saturated rings. The highest BCUT2D eigenvalue weighted by molar-refractivity contribution is 6.19. The van der Waals surface area contributed by atoms with Crippen molar-refractivity contribution in [2.75, 3.05) is 7.11 Å². The number of benzene rings is 3. The Bertz CT molecular complexity index is 1170. The maximum absolute atomic E-state index is 13.3. The zero-order chi connectivity index (χ0) is 19.7. The monoisotopic (exact) mass is 369 g/mol. The SMILES string of the molecule is COc1ccc(C(=O)c2c(C)n(C(=O)c3ccccc3)c3ccccc23)cc1. The summed E-state index contributed by atoms with van der Waals surface area (Å²) in [4.78, 5) is 26.5. The Hall–Kier alpha value is -3.66. The predicted octanol–water partition coefficient (Wildman–Crippen LogP) is 4.88. The van der Waals surface area contributed by atoms with E-state index in [1.54, 1.807) is 48.1 Å². The summed E-state index contributed by atoms with van der Waals surface area (Å²) < 4.78 is 6.80. The molecule has 4 nitrogen and oxygen atoms in total. The van der Waals surface area contributed by atoms with Crippen LogP contribution in [0.2, 0.25) is 0 Å². The van der Waals surface area contributed by atoms with Gasteiger partial charge in [-0.2, -0.15) is 0 Å². The van der Waals surface area contributed by atoms with Gasteiger partial charge in [-0.25, -0.2) is 0 Å². The van der Waals surface area contributed by atoms with Gasteiger partial charge in [0, 0.05) is 22.2 Å². The molecular formula is C24H19NO3. The zero-order valence-electron chi connectivity index (χ0n) is 15.7. The smallest absolute Gasteiger partial charge is 0.262 e. The Balaban J connectivity index is 1.89. The van der Waals surface area contributed by atoms with E-state index in [1.165, 1.54) is 0 Å². The molecule has 0 spiro atoms. The summed E-state index contributed by atoms with van der Waals surface area (Å²) in [6.45, 7) is 1.82. The number of fused-ring (bicyclic) bond motifs is 1. The zero-order valence-corrected chi connectivity index (χ0v) is 15.7. The van der Waals surface area contributed by atoms with Gasteiger partial charge in [0.1, 0.15) is 5.75 Å². The van der Waals surface area contributed by atoms with Crippen molar-refractivity contribution >= 4 is 22.6 Å². The molecule has 0 saturated heterocycles. The van der Waals surface area contributed by atoms with Crippen molar-refractivity contribution in [1.82, 2.24) is 4.57 Å². The highest BCUT2D eigenvalue weighted by atomic mass is 16.5. The molecule has 0 amide bonds. The van der Waals surface area contributed by atoms with E-state index in [4.69, 9.17) is 4.74 Å². The number of ketones is 1. The molecule has 0 unspecified atom stereocenters. The highest BCUT2D eigenvalue weighted by Gasteiger charge is 2.24. The molecule has 0 aliphatic carbocycles. The number of rotatable bonds is 4. The number of carbonyl (C=O) groups excluding carboxylic acids is 2. The van der Waals surface area contributed by atoms with Crippen LogP contribution in [0.3, 0.4) is 0 Å². The first-order valence-corrected chi connectivity index (χ1v) is 9.00. The van der Waals surface area contributed by atoms with E-state index in [1.807, 2.05) is 49.4 Å². The standard InChI is InChI=1S/C24H19NO3/c1-16-22(23(26)17-12-14-19(28-2)15-13-17)20-10-6-7-11-21(20)25(16)24(27)18-8-4-3-5-9-18/h3-15H,1-2H3. The maximum Gasteiger partial charge on any atom is 0.262 e. The minimum atomic E-state index is -0.150. The Labute approximate surface area is 163 Å². The fourth-order valence-corrected chi connectivity index (χ4v) is 3.51. The normalized spacial score (nSPS) is 10.8. The minimum Gasteiger partial charge on any atom is -0.497 e. The van der Waals surface area contributed by atoms with Gasteiger partial charge in [0.2, 0.25) is 0 Å². The second kappa shape index (κ2) is 7.16. The lowest BCUT2D eigenvalue weighted by atomic mass is 10.0. The number of para-hydroxylation sites is 1. The van der Waals surface area contributed by atoms with Crippen molar-refractivity contribution < 1.29 is 14.3 Å². The molecule has 0 N–H and O–H groups in total. The highest BCUT2D eigenvalue weighted by Crippen LogP contribution is 2.29. The van der Waals surface area contributed by atoms with Gasteiger partial charge in [-0.1, -0.05) is 36.4 Å². The summed E-state index contributed by atoms with van der Waals surface area (Å²) in [5, 5.41) is 0.769. The Morgan fingerprint density at radius 2 is 1.43 bits per heavy atom. The van der Waals surface area contributed by atoms with Crippen molar-refractivity contribution in [1.29, 1.82) is 0 Å². The fraction of sp³-hybridized carbons (Fsp3) is 0.0833. The molecule has 0 aliphatic heterocycles. The van der Waals surface area contributed by atoms with Gasteiger partial charge < -0.3 is 4.74 Å². The van der Waals surface area contributed by atoms with Crippen LogP contribution in [0.5, 0.6) is 5.75 Å². The van der Waals surface area contributed by atoms with E-state index in [9.17, 15) is 9.59 Å². The Morgan fingerprint density at radius 1 is 0.786 bits per heavy atom. The van der Waals surface area contributed by atoms with Gasteiger partial charge in [0.25, 0.3) is 5.91 Å². The lowest BCUT2D eigenvalue weighted by Gasteiger charge is -2.08. The third kappa shape index (κ3) is 2.89. The third-order valence-corrected chi connectivity index (χ3v) is 4.91. The van der Waals surface area contributed by atoms with Crippen molar-refractivity contribution in [3.05, 3.63) is 101 Å². The Kier molecular flexibility index (Phi) is 4.53. The van der Waals surface area contributed by atoms with E-state index < -0.39 is 0 Å². The predicted molar refractivity (Wildman–Crippen MR) is 109 cm³/mol. The number of nitrogens with zero attached hydrogens (tertiary/aromatic N) is 1. The lowest BCUT2D eigenvalue weighted by Crippen LogP contribution is -2.14. The largest absolute Gasteiger partial charge is 0.497 e. The van der Waals surface area contributed by atoms with Crippen LogP contribution >= 0.6 is 0 Å². The Morgan fingerprint density at radius 3 is 2.11 bits per heavy atom. The topological polar surface area (TPSA) is 48.3 Å². The summed E-state index contributed by atoms with van der Waals surface area (Å²) in [6.07, 6.45) is 0. The summed E-state index contributed by atoms with van der Waals surface area (Å²) in [7, 11) is 1.59.